The Hall–Kier alpha value is -1.99. The molecule has 0 spiro atoms. The first kappa shape index (κ1) is 18.4. The Morgan fingerprint density at radius 2 is 2.00 bits per heavy atom. The predicted molar refractivity (Wildman–Crippen MR) is 95.6 cm³/mol. The second-order valence-corrected chi connectivity index (χ2v) is 7.57. The van der Waals surface area contributed by atoms with Gasteiger partial charge in [-0.3, -0.25) is 9.59 Å². The third-order valence-electron chi connectivity index (χ3n) is 5.87. The first-order valence-electron chi connectivity index (χ1n) is 9.67. The lowest BCUT2D eigenvalue weighted by atomic mass is 9.98. The first-order valence-corrected chi connectivity index (χ1v) is 9.67. The van der Waals surface area contributed by atoms with Crippen molar-refractivity contribution in [2.24, 2.45) is 11.8 Å². The normalized spacial score (nSPS) is 28.2. The van der Waals surface area contributed by atoms with Gasteiger partial charge in [-0.2, -0.15) is 0 Å². The van der Waals surface area contributed by atoms with Crippen LogP contribution < -0.4 is 5.32 Å². The van der Waals surface area contributed by atoms with Gasteiger partial charge < -0.3 is 19.7 Å². The molecule has 0 radical (unpaired) electrons. The van der Waals surface area contributed by atoms with Gasteiger partial charge in [0, 0.05) is 38.5 Å². The average Bonchev–Trinajstić information content (AvgIpc) is 3.29. The summed E-state index contributed by atoms with van der Waals surface area (Å²) >= 11 is 0. The van der Waals surface area contributed by atoms with E-state index in [0.717, 1.165) is 26.1 Å². The van der Waals surface area contributed by atoms with E-state index in [0.29, 0.717) is 37.6 Å². The SMILES string of the molecule is O=C(NCC1CCOCC1)C1CN(C(=O)c2cccc(F)c2)C2CCOC12. The number of likely N-dealkylation sites (tertiary alicyclic amines) is 1. The topological polar surface area (TPSA) is 67.9 Å². The van der Waals surface area contributed by atoms with Gasteiger partial charge in [-0.15, -0.1) is 0 Å². The Balaban J connectivity index is 1.42. The number of amides is 2. The van der Waals surface area contributed by atoms with Gasteiger partial charge in [0.25, 0.3) is 5.91 Å². The number of hydrogen-bond acceptors (Lipinski definition) is 4. The standard InChI is InChI=1S/C20H25FN2O4/c21-15-3-1-2-14(10-15)20(25)23-12-16(18-17(23)6-9-27-18)19(24)22-11-13-4-7-26-8-5-13/h1-3,10,13,16-18H,4-9,11-12H2,(H,22,24). The Morgan fingerprint density at radius 3 is 2.78 bits per heavy atom. The minimum absolute atomic E-state index is 0.0621. The molecule has 3 unspecified atom stereocenters. The quantitative estimate of drug-likeness (QED) is 0.867. The lowest BCUT2D eigenvalue weighted by Gasteiger charge is -2.23. The fraction of sp³-hybridized carbons (Fsp3) is 0.600. The molecule has 3 aliphatic heterocycles. The number of fused-ring (bicyclic) bond motifs is 1. The summed E-state index contributed by atoms with van der Waals surface area (Å²) < 4.78 is 24.6. The predicted octanol–water partition coefficient (Wildman–Crippen LogP) is 1.60. The zero-order valence-electron chi connectivity index (χ0n) is 15.2. The molecule has 0 saturated carbocycles. The van der Waals surface area contributed by atoms with Crippen LogP contribution >= 0.6 is 0 Å². The van der Waals surface area contributed by atoms with Crippen LogP contribution in [0, 0.1) is 17.7 Å². The molecule has 1 aromatic carbocycles. The van der Waals surface area contributed by atoms with Crippen molar-refractivity contribution in [3.63, 3.8) is 0 Å². The van der Waals surface area contributed by atoms with Crippen molar-refractivity contribution in [3.8, 4) is 0 Å². The van der Waals surface area contributed by atoms with Crippen molar-refractivity contribution in [3.05, 3.63) is 35.6 Å². The molecule has 1 aromatic rings. The molecule has 27 heavy (non-hydrogen) atoms. The van der Waals surface area contributed by atoms with E-state index in [9.17, 15) is 14.0 Å². The monoisotopic (exact) mass is 376 g/mol. The number of ether oxygens (including phenoxy) is 2. The van der Waals surface area contributed by atoms with Gasteiger partial charge in [-0.1, -0.05) is 6.07 Å². The maximum atomic E-state index is 13.5. The smallest absolute Gasteiger partial charge is 0.254 e. The van der Waals surface area contributed by atoms with Crippen molar-refractivity contribution in [1.82, 2.24) is 10.2 Å². The molecule has 0 bridgehead atoms. The Morgan fingerprint density at radius 1 is 1.19 bits per heavy atom. The minimum Gasteiger partial charge on any atom is -0.381 e. The van der Waals surface area contributed by atoms with E-state index >= 15 is 0 Å². The van der Waals surface area contributed by atoms with Crippen molar-refractivity contribution in [2.75, 3.05) is 32.9 Å². The van der Waals surface area contributed by atoms with E-state index in [1.54, 1.807) is 11.0 Å². The number of nitrogens with zero attached hydrogens (tertiary/aromatic N) is 1. The average molecular weight is 376 g/mol. The molecule has 3 fully saturated rings. The summed E-state index contributed by atoms with van der Waals surface area (Å²) in [7, 11) is 0. The number of carbonyl (C=O) groups excluding carboxylic acids is 2. The maximum absolute atomic E-state index is 13.5. The summed E-state index contributed by atoms with van der Waals surface area (Å²) in [6.45, 7) is 2.96. The first-order chi connectivity index (χ1) is 13.1. The molecule has 4 rings (SSSR count). The van der Waals surface area contributed by atoms with Crippen LogP contribution in [0.4, 0.5) is 4.39 Å². The summed E-state index contributed by atoms with van der Waals surface area (Å²) in [6, 6.07) is 5.56. The van der Waals surface area contributed by atoms with Gasteiger partial charge in [0.2, 0.25) is 5.91 Å². The zero-order valence-corrected chi connectivity index (χ0v) is 15.2. The summed E-state index contributed by atoms with van der Waals surface area (Å²) in [5.41, 5.74) is 0.309. The van der Waals surface area contributed by atoms with Gasteiger partial charge in [-0.05, 0) is 43.4 Å². The summed E-state index contributed by atoms with van der Waals surface area (Å²) in [4.78, 5) is 27.3. The molecule has 1 N–H and O–H groups in total. The second kappa shape index (κ2) is 7.94. The molecule has 3 saturated heterocycles. The van der Waals surface area contributed by atoms with Gasteiger partial charge in [0.15, 0.2) is 0 Å². The highest BCUT2D eigenvalue weighted by Crippen LogP contribution is 2.34. The van der Waals surface area contributed by atoms with Crippen LogP contribution in [-0.4, -0.2) is 61.8 Å². The Labute approximate surface area is 158 Å². The lowest BCUT2D eigenvalue weighted by Crippen LogP contribution is -2.40. The van der Waals surface area contributed by atoms with Crippen LogP contribution in [0.2, 0.25) is 0 Å². The van der Waals surface area contributed by atoms with Gasteiger partial charge in [0.1, 0.15) is 5.82 Å². The van der Waals surface area contributed by atoms with Crippen LogP contribution in [0.3, 0.4) is 0 Å². The van der Waals surface area contributed by atoms with Crippen molar-refractivity contribution >= 4 is 11.8 Å². The third-order valence-corrected chi connectivity index (χ3v) is 5.87. The number of carbonyl (C=O) groups is 2. The second-order valence-electron chi connectivity index (χ2n) is 7.57. The fourth-order valence-electron chi connectivity index (χ4n) is 4.35. The number of halogens is 1. The molecule has 0 aromatic heterocycles. The summed E-state index contributed by atoms with van der Waals surface area (Å²) in [5.74, 6) is -0.683. The van der Waals surface area contributed by atoms with Gasteiger partial charge >= 0.3 is 0 Å². The molecule has 3 aliphatic rings. The third kappa shape index (κ3) is 3.84. The van der Waals surface area contributed by atoms with E-state index in [-0.39, 0.29) is 29.9 Å². The van der Waals surface area contributed by atoms with E-state index in [1.165, 1.54) is 18.2 Å². The highest BCUT2D eigenvalue weighted by molar-refractivity contribution is 5.95. The van der Waals surface area contributed by atoms with E-state index in [1.807, 2.05) is 0 Å². The van der Waals surface area contributed by atoms with Gasteiger partial charge in [0.05, 0.1) is 18.1 Å². The highest BCUT2D eigenvalue weighted by atomic mass is 19.1. The summed E-state index contributed by atoms with van der Waals surface area (Å²) in [5, 5.41) is 3.04. The Kier molecular flexibility index (Phi) is 5.41. The van der Waals surface area contributed by atoms with Crippen LogP contribution in [0.1, 0.15) is 29.6 Å². The number of nitrogens with one attached hydrogen (secondary N) is 1. The fourth-order valence-corrected chi connectivity index (χ4v) is 4.35. The van der Waals surface area contributed by atoms with Crippen LogP contribution in [-0.2, 0) is 14.3 Å². The lowest BCUT2D eigenvalue weighted by molar-refractivity contribution is -0.128. The number of benzene rings is 1. The zero-order chi connectivity index (χ0) is 18.8. The molecule has 6 nitrogen and oxygen atoms in total. The van der Waals surface area contributed by atoms with Crippen LogP contribution in [0.25, 0.3) is 0 Å². The van der Waals surface area contributed by atoms with Gasteiger partial charge in [-0.25, -0.2) is 4.39 Å². The van der Waals surface area contributed by atoms with E-state index in [2.05, 4.69) is 5.32 Å². The Bertz CT molecular complexity index is 707. The van der Waals surface area contributed by atoms with Crippen molar-refractivity contribution < 1.29 is 23.5 Å². The van der Waals surface area contributed by atoms with Crippen LogP contribution in [0.5, 0.6) is 0 Å². The van der Waals surface area contributed by atoms with Crippen molar-refractivity contribution in [1.29, 1.82) is 0 Å². The number of rotatable bonds is 4. The molecule has 2 amide bonds. The molecule has 3 heterocycles. The maximum Gasteiger partial charge on any atom is 0.254 e. The molecule has 3 atom stereocenters. The largest absolute Gasteiger partial charge is 0.381 e. The molecular formula is C20H25FN2O4. The number of hydrogen-bond donors (Lipinski definition) is 1. The molecular weight excluding hydrogens is 351 g/mol. The minimum atomic E-state index is -0.440. The van der Waals surface area contributed by atoms with Crippen LogP contribution in [0.15, 0.2) is 24.3 Å². The highest BCUT2D eigenvalue weighted by Gasteiger charge is 2.50. The summed E-state index contributed by atoms with van der Waals surface area (Å²) in [6.07, 6.45) is 2.34. The van der Waals surface area contributed by atoms with E-state index < -0.39 is 5.82 Å². The molecule has 0 aliphatic carbocycles. The van der Waals surface area contributed by atoms with E-state index in [4.69, 9.17) is 9.47 Å². The molecule has 146 valence electrons. The molecule has 7 heteroatoms. The van der Waals surface area contributed by atoms with Crippen molar-refractivity contribution in [2.45, 2.75) is 31.4 Å².